The highest BCUT2D eigenvalue weighted by molar-refractivity contribution is 6.30. The van der Waals surface area contributed by atoms with Crippen LogP contribution in [0.1, 0.15) is 19.8 Å². The first-order valence-electron chi connectivity index (χ1n) is 7.71. The van der Waals surface area contributed by atoms with E-state index in [9.17, 15) is 0 Å². The fraction of sp³-hybridized carbons (Fsp3) is 0.438. The Morgan fingerprint density at radius 2 is 2.26 bits per heavy atom. The van der Waals surface area contributed by atoms with Gasteiger partial charge < -0.3 is 15.0 Å². The Balaban J connectivity index is 1.81. The summed E-state index contributed by atoms with van der Waals surface area (Å²) < 4.78 is 5.33. The highest BCUT2D eigenvalue weighted by Gasteiger charge is 2.18. The van der Waals surface area contributed by atoms with Crippen molar-refractivity contribution < 1.29 is 4.74 Å². The van der Waals surface area contributed by atoms with Gasteiger partial charge in [0.1, 0.15) is 5.75 Å². The number of benzene rings is 1. The van der Waals surface area contributed by atoms with Gasteiger partial charge in [0.05, 0.1) is 19.0 Å². The van der Waals surface area contributed by atoms with Crippen LogP contribution in [0.5, 0.6) is 5.75 Å². The highest BCUT2D eigenvalue weighted by Crippen LogP contribution is 2.30. The monoisotopic (exact) mass is 333 g/mol. The van der Waals surface area contributed by atoms with Crippen molar-refractivity contribution >= 4 is 29.1 Å². The number of nitrogens with one attached hydrogen (secondary N) is 1. The molecule has 0 spiro atoms. The second kappa shape index (κ2) is 7.00. The molecule has 6 nitrogen and oxygen atoms in total. The highest BCUT2D eigenvalue weighted by atomic mass is 35.5. The third-order valence-electron chi connectivity index (χ3n) is 3.94. The van der Waals surface area contributed by atoms with Crippen molar-refractivity contribution in [2.45, 2.75) is 19.8 Å². The molecule has 0 amide bonds. The Morgan fingerprint density at radius 3 is 3.04 bits per heavy atom. The molecular formula is C16H20ClN5O. The summed E-state index contributed by atoms with van der Waals surface area (Å²) in [7, 11) is 1.61. The van der Waals surface area contributed by atoms with Gasteiger partial charge in [-0.2, -0.15) is 10.1 Å². The maximum Gasteiger partial charge on any atom is 0.249 e. The van der Waals surface area contributed by atoms with E-state index >= 15 is 0 Å². The van der Waals surface area contributed by atoms with E-state index < -0.39 is 0 Å². The average molecular weight is 334 g/mol. The van der Waals surface area contributed by atoms with Crippen LogP contribution >= 0.6 is 11.6 Å². The van der Waals surface area contributed by atoms with E-state index in [-0.39, 0.29) is 0 Å². The van der Waals surface area contributed by atoms with Crippen molar-refractivity contribution in [3.8, 4) is 5.75 Å². The van der Waals surface area contributed by atoms with E-state index in [0.29, 0.717) is 28.3 Å². The summed E-state index contributed by atoms with van der Waals surface area (Å²) in [6.45, 7) is 4.26. The van der Waals surface area contributed by atoms with Gasteiger partial charge >= 0.3 is 0 Å². The fourth-order valence-electron chi connectivity index (χ4n) is 2.80. The Hall–Kier alpha value is -2.08. The van der Waals surface area contributed by atoms with E-state index in [2.05, 4.69) is 32.3 Å². The molecule has 2 aromatic rings. The quantitative estimate of drug-likeness (QED) is 0.923. The largest absolute Gasteiger partial charge is 0.495 e. The van der Waals surface area contributed by atoms with Crippen molar-refractivity contribution in [2.24, 2.45) is 5.92 Å². The number of hydrogen-bond donors (Lipinski definition) is 1. The number of hydrogen-bond acceptors (Lipinski definition) is 6. The predicted octanol–water partition coefficient (Wildman–Crippen LogP) is 3.51. The van der Waals surface area contributed by atoms with Gasteiger partial charge in [0.2, 0.25) is 5.95 Å². The Labute approximate surface area is 140 Å². The molecule has 1 fully saturated rings. The zero-order valence-electron chi connectivity index (χ0n) is 13.3. The first kappa shape index (κ1) is 15.8. The maximum atomic E-state index is 6.05. The summed E-state index contributed by atoms with van der Waals surface area (Å²) in [5, 5.41) is 11.9. The summed E-state index contributed by atoms with van der Waals surface area (Å²) in [6.07, 6.45) is 4.15. The fourth-order valence-corrected chi connectivity index (χ4v) is 2.97. The average Bonchev–Trinajstić information content (AvgIpc) is 2.55. The Morgan fingerprint density at radius 1 is 1.39 bits per heavy atom. The molecule has 1 N–H and O–H groups in total. The third kappa shape index (κ3) is 3.82. The van der Waals surface area contributed by atoms with Crippen molar-refractivity contribution in [3.05, 3.63) is 29.4 Å². The number of piperidine rings is 1. The van der Waals surface area contributed by atoms with Crippen molar-refractivity contribution in [1.82, 2.24) is 15.2 Å². The van der Waals surface area contributed by atoms with Crippen molar-refractivity contribution in [2.75, 3.05) is 30.4 Å². The molecular weight excluding hydrogens is 314 g/mol. The van der Waals surface area contributed by atoms with E-state index in [1.165, 1.54) is 12.8 Å². The van der Waals surface area contributed by atoms with Crippen LogP contribution in [0.2, 0.25) is 5.02 Å². The van der Waals surface area contributed by atoms with Gasteiger partial charge in [-0.15, -0.1) is 5.10 Å². The van der Waals surface area contributed by atoms with Crippen LogP contribution in [0.4, 0.5) is 17.5 Å². The third-order valence-corrected chi connectivity index (χ3v) is 4.17. The second-order valence-electron chi connectivity index (χ2n) is 5.80. The van der Waals surface area contributed by atoms with E-state index in [0.717, 1.165) is 18.9 Å². The first-order valence-corrected chi connectivity index (χ1v) is 8.08. The lowest BCUT2D eigenvalue weighted by Gasteiger charge is -2.31. The number of halogens is 1. The summed E-state index contributed by atoms with van der Waals surface area (Å²) >= 11 is 6.05. The minimum absolute atomic E-state index is 0.432. The van der Waals surface area contributed by atoms with Crippen LogP contribution < -0.4 is 15.0 Å². The molecule has 122 valence electrons. The molecule has 0 bridgehead atoms. The molecule has 1 aromatic heterocycles. The van der Waals surface area contributed by atoms with Crippen molar-refractivity contribution in [1.29, 1.82) is 0 Å². The lowest BCUT2D eigenvalue weighted by molar-refractivity contribution is 0.417. The van der Waals surface area contributed by atoms with Gasteiger partial charge in [-0.25, -0.2) is 0 Å². The summed E-state index contributed by atoms with van der Waals surface area (Å²) in [6, 6.07) is 5.35. The number of ether oxygens (including phenoxy) is 1. The molecule has 0 radical (unpaired) electrons. The van der Waals surface area contributed by atoms with Gasteiger partial charge in [-0.3, -0.25) is 0 Å². The molecule has 0 saturated carbocycles. The van der Waals surface area contributed by atoms with Gasteiger partial charge in [0.25, 0.3) is 0 Å². The standard InChI is InChI=1S/C16H20ClN5O/c1-11-4-3-7-22(10-11)15-9-18-21-16(20-15)19-13-8-12(17)5-6-14(13)23-2/h5-6,8-9,11H,3-4,7,10H2,1-2H3,(H,19,20,21). The lowest BCUT2D eigenvalue weighted by atomic mass is 10.0. The minimum atomic E-state index is 0.432. The van der Waals surface area contributed by atoms with E-state index in [1.54, 1.807) is 31.5 Å². The Kier molecular flexibility index (Phi) is 4.81. The SMILES string of the molecule is COc1ccc(Cl)cc1Nc1nncc(N2CCCC(C)C2)n1. The van der Waals surface area contributed by atoms with Crippen LogP contribution in [0.25, 0.3) is 0 Å². The molecule has 1 aliphatic rings. The second-order valence-corrected chi connectivity index (χ2v) is 6.24. The molecule has 0 aliphatic carbocycles. The normalized spacial score (nSPS) is 17.9. The molecule has 1 aromatic carbocycles. The molecule has 1 aliphatic heterocycles. The molecule has 1 atom stereocenters. The molecule has 1 saturated heterocycles. The van der Waals surface area contributed by atoms with Crippen molar-refractivity contribution in [3.63, 3.8) is 0 Å². The molecule has 1 unspecified atom stereocenters. The number of methoxy groups -OCH3 is 1. The van der Waals surface area contributed by atoms with E-state index in [4.69, 9.17) is 16.3 Å². The minimum Gasteiger partial charge on any atom is -0.495 e. The number of rotatable bonds is 4. The predicted molar refractivity (Wildman–Crippen MR) is 91.7 cm³/mol. The lowest BCUT2D eigenvalue weighted by Crippen LogP contribution is -2.35. The zero-order chi connectivity index (χ0) is 16.2. The van der Waals surface area contributed by atoms with Crippen LogP contribution in [0.3, 0.4) is 0 Å². The van der Waals surface area contributed by atoms with E-state index in [1.807, 2.05) is 0 Å². The van der Waals surface area contributed by atoms with Gasteiger partial charge in [0, 0.05) is 18.1 Å². The van der Waals surface area contributed by atoms with Gasteiger partial charge in [-0.1, -0.05) is 18.5 Å². The Bertz CT molecular complexity index is 681. The van der Waals surface area contributed by atoms with Crippen LogP contribution in [0, 0.1) is 5.92 Å². The van der Waals surface area contributed by atoms with Crippen LogP contribution in [-0.2, 0) is 0 Å². The van der Waals surface area contributed by atoms with Gasteiger partial charge in [0.15, 0.2) is 5.82 Å². The first-order chi connectivity index (χ1) is 11.2. The summed E-state index contributed by atoms with van der Waals surface area (Å²) in [5.74, 6) is 2.62. The number of anilines is 3. The van der Waals surface area contributed by atoms with Crippen LogP contribution in [0.15, 0.2) is 24.4 Å². The van der Waals surface area contributed by atoms with Gasteiger partial charge in [-0.05, 0) is 37.0 Å². The molecule has 3 rings (SSSR count). The number of aromatic nitrogens is 3. The zero-order valence-corrected chi connectivity index (χ0v) is 14.0. The summed E-state index contributed by atoms with van der Waals surface area (Å²) in [4.78, 5) is 6.83. The van der Waals surface area contributed by atoms with Crippen LogP contribution in [-0.4, -0.2) is 35.4 Å². The maximum absolute atomic E-state index is 6.05. The topological polar surface area (TPSA) is 63.2 Å². The molecule has 7 heteroatoms. The molecule has 23 heavy (non-hydrogen) atoms. The molecule has 2 heterocycles. The number of nitrogens with zero attached hydrogens (tertiary/aromatic N) is 4. The smallest absolute Gasteiger partial charge is 0.249 e. The summed E-state index contributed by atoms with van der Waals surface area (Å²) in [5.41, 5.74) is 0.714.